The predicted octanol–water partition coefficient (Wildman–Crippen LogP) is 1.26. The fourth-order valence-electron chi connectivity index (χ4n) is 1.97. The lowest BCUT2D eigenvalue weighted by Gasteiger charge is -2.22. The maximum atomic E-state index is 12.6. The van der Waals surface area contributed by atoms with Crippen LogP contribution in [0.4, 0.5) is 0 Å². The zero-order chi connectivity index (χ0) is 14.5. The molecule has 0 aliphatic heterocycles. The summed E-state index contributed by atoms with van der Waals surface area (Å²) in [6.45, 7) is 2.03. The Bertz CT molecular complexity index is 500. The zero-order valence-corrected chi connectivity index (χ0v) is 11.7. The van der Waals surface area contributed by atoms with Crippen LogP contribution in [0.2, 0.25) is 0 Å². The van der Waals surface area contributed by atoms with E-state index in [0.717, 1.165) is 12.8 Å². The van der Waals surface area contributed by atoms with Gasteiger partial charge in [-0.05, 0) is 25.8 Å². The van der Waals surface area contributed by atoms with Gasteiger partial charge in [0.25, 0.3) is 5.91 Å². The number of hydrogen-bond acceptors (Lipinski definition) is 5. The van der Waals surface area contributed by atoms with Crippen molar-refractivity contribution < 1.29 is 19.1 Å². The topological polar surface area (TPSA) is 68.7 Å². The fraction of sp³-hybridized carbons (Fsp3) is 0.500. The molecule has 1 aliphatic rings. The predicted molar refractivity (Wildman–Crippen MR) is 71.5 cm³/mol. The maximum Gasteiger partial charge on any atom is 0.325 e. The minimum absolute atomic E-state index is 0.0250. The van der Waals surface area contributed by atoms with Crippen LogP contribution in [-0.4, -0.2) is 48.1 Å². The van der Waals surface area contributed by atoms with Crippen LogP contribution in [-0.2, 0) is 9.53 Å². The molecule has 1 aromatic rings. The summed E-state index contributed by atoms with van der Waals surface area (Å²) in [5.41, 5.74) is 0.415. The van der Waals surface area contributed by atoms with Crippen LogP contribution in [0.3, 0.4) is 0 Å². The molecule has 0 saturated heterocycles. The van der Waals surface area contributed by atoms with Gasteiger partial charge in [-0.1, -0.05) is 0 Å². The van der Waals surface area contributed by atoms with Gasteiger partial charge in [-0.3, -0.25) is 14.6 Å². The highest BCUT2D eigenvalue weighted by molar-refractivity contribution is 5.98. The van der Waals surface area contributed by atoms with Crippen LogP contribution in [0.25, 0.3) is 0 Å². The molecule has 2 rings (SSSR count). The Kier molecular flexibility index (Phi) is 4.55. The van der Waals surface area contributed by atoms with Gasteiger partial charge in [0.05, 0.1) is 25.5 Å². The molecule has 0 bridgehead atoms. The lowest BCUT2D eigenvalue weighted by Crippen LogP contribution is -2.38. The summed E-state index contributed by atoms with van der Waals surface area (Å²) < 4.78 is 10.1. The first-order chi connectivity index (χ1) is 9.67. The Hall–Kier alpha value is -2.11. The molecule has 0 aromatic carbocycles. The number of carbonyl (C=O) groups excluding carboxylic acids is 2. The number of amides is 1. The Morgan fingerprint density at radius 1 is 1.45 bits per heavy atom. The molecule has 0 spiro atoms. The zero-order valence-electron chi connectivity index (χ0n) is 11.7. The molecule has 0 unspecified atom stereocenters. The maximum absolute atomic E-state index is 12.6. The van der Waals surface area contributed by atoms with Gasteiger partial charge in [0.1, 0.15) is 12.3 Å². The highest BCUT2D eigenvalue weighted by Gasteiger charge is 2.35. The smallest absolute Gasteiger partial charge is 0.325 e. The number of hydrogen-bond donors (Lipinski definition) is 0. The van der Waals surface area contributed by atoms with Crippen molar-refractivity contribution >= 4 is 11.9 Å². The fourth-order valence-corrected chi connectivity index (χ4v) is 1.97. The molecule has 108 valence electrons. The van der Waals surface area contributed by atoms with Crippen LogP contribution in [0.1, 0.15) is 30.1 Å². The third-order valence-corrected chi connectivity index (χ3v) is 3.09. The van der Waals surface area contributed by atoms with Crippen LogP contribution in [0.5, 0.6) is 5.75 Å². The number of aromatic nitrogens is 1. The van der Waals surface area contributed by atoms with E-state index in [1.54, 1.807) is 17.9 Å². The average molecular weight is 278 g/mol. The molecule has 1 aliphatic carbocycles. The molecule has 1 heterocycles. The number of methoxy groups -OCH3 is 1. The summed E-state index contributed by atoms with van der Waals surface area (Å²) in [5, 5.41) is 0. The van der Waals surface area contributed by atoms with Crippen molar-refractivity contribution in [3.63, 3.8) is 0 Å². The summed E-state index contributed by atoms with van der Waals surface area (Å²) >= 11 is 0. The van der Waals surface area contributed by atoms with Crippen LogP contribution in [0.15, 0.2) is 18.5 Å². The van der Waals surface area contributed by atoms with Crippen molar-refractivity contribution in [1.82, 2.24) is 9.88 Å². The number of esters is 1. The first kappa shape index (κ1) is 14.3. The summed E-state index contributed by atoms with van der Waals surface area (Å²) in [6.07, 6.45) is 4.85. The number of ether oxygens (including phenoxy) is 2. The van der Waals surface area contributed by atoms with Crippen LogP contribution in [0, 0.1) is 0 Å². The first-order valence-electron chi connectivity index (χ1n) is 6.62. The van der Waals surface area contributed by atoms with E-state index >= 15 is 0 Å². The van der Waals surface area contributed by atoms with Gasteiger partial charge in [-0.25, -0.2) is 0 Å². The molecule has 20 heavy (non-hydrogen) atoms. The molecule has 0 N–H and O–H groups in total. The third-order valence-electron chi connectivity index (χ3n) is 3.09. The highest BCUT2D eigenvalue weighted by atomic mass is 16.5. The molecule has 1 fully saturated rings. The van der Waals surface area contributed by atoms with Gasteiger partial charge in [0.2, 0.25) is 0 Å². The minimum atomic E-state index is -0.388. The average Bonchev–Trinajstić information content (AvgIpc) is 3.29. The van der Waals surface area contributed by atoms with Crippen molar-refractivity contribution in [2.75, 3.05) is 20.3 Å². The number of rotatable bonds is 6. The summed E-state index contributed by atoms with van der Waals surface area (Å²) in [4.78, 5) is 29.6. The van der Waals surface area contributed by atoms with Gasteiger partial charge >= 0.3 is 5.97 Å². The van der Waals surface area contributed by atoms with Crippen molar-refractivity contribution in [2.24, 2.45) is 0 Å². The van der Waals surface area contributed by atoms with E-state index in [1.807, 2.05) is 0 Å². The molecule has 1 aromatic heterocycles. The molecule has 0 atom stereocenters. The Labute approximate surface area is 117 Å². The number of pyridine rings is 1. The number of carbonyl (C=O) groups is 2. The second-order valence-electron chi connectivity index (χ2n) is 4.55. The van der Waals surface area contributed by atoms with Gasteiger partial charge in [0, 0.05) is 12.2 Å². The van der Waals surface area contributed by atoms with Crippen LogP contribution >= 0.6 is 0 Å². The van der Waals surface area contributed by atoms with E-state index in [1.165, 1.54) is 19.5 Å². The molecular weight excluding hydrogens is 260 g/mol. The van der Waals surface area contributed by atoms with Crippen molar-refractivity contribution in [3.8, 4) is 5.75 Å². The SMILES string of the molecule is CCOC(=O)CN(C(=O)c1ccncc1OC)C1CC1. The van der Waals surface area contributed by atoms with E-state index in [0.29, 0.717) is 17.9 Å². The first-order valence-corrected chi connectivity index (χ1v) is 6.62. The second kappa shape index (κ2) is 6.36. The highest BCUT2D eigenvalue weighted by Crippen LogP contribution is 2.29. The summed E-state index contributed by atoms with van der Waals surface area (Å²) in [7, 11) is 1.49. The quantitative estimate of drug-likeness (QED) is 0.733. The molecular formula is C14H18N2O4. The van der Waals surface area contributed by atoms with E-state index in [4.69, 9.17) is 9.47 Å². The molecule has 6 nitrogen and oxygen atoms in total. The van der Waals surface area contributed by atoms with Gasteiger partial charge in [-0.2, -0.15) is 0 Å². The van der Waals surface area contributed by atoms with Crippen molar-refractivity contribution in [2.45, 2.75) is 25.8 Å². The molecule has 6 heteroatoms. The Balaban J connectivity index is 2.16. The molecule has 0 radical (unpaired) electrons. The normalized spacial score (nSPS) is 13.7. The monoisotopic (exact) mass is 278 g/mol. The van der Waals surface area contributed by atoms with E-state index in [-0.39, 0.29) is 24.5 Å². The second-order valence-corrected chi connectivity index (χ2v) is 4.55. The Morgan fingerprint density at radius 3 is 2.80 bits per heavy atom. The standard InChI is InChI=1S/C14H18N2O4/c1-3-20-13(17)9-16(10-4-5-10)14(18)11-6-7-15-8-12(11)19-2/h6-8,10H,3-5,9H2,1-2H3. The van der Waals surface area contributed by atoms with Gasteiger partial charge in [0.15, 0.2) is 0 Å². The van der Waals surface area contributed by atoms with E-state index < -0.39 is 0 Å². The molecule has 1 saturated carbocycles. The third kappa shape index (κ3) is 3.26. The van der Waals surface area contributed by atoms with E-state index in [9.17, 15) is 9.59 Å². The lowest BCUT2D eigenvalue weighted by atomic mass is 10.2. The van der Waals surface area contributed by atoms with E-state index in [2.05, 4.69) is 4.98 Å². The number of nitrogens with zero attached hydrogens (tertiary/aromatic N) is 2. The molecule has 1 amide bonds. The summed E-state index contributed by atoms with van der Waals surface area (Å²) in [5.74, 6) is -0.201. The van der Waals surface area contributed by atoms with Crippen molar-refractivity contribution in [3.05, 3.63) is 24.0 Å². The Morgan fingerprint density at radius 2 is 2.20 bits per heavy atom. The van der Waals surface area contributed by atoms with Crippen molar-refractivity contribution in [1.29, 1.82) is 0 Å². The largest absolute Gasteiger partial charge is 0.494 e. The minimum Gasteiger partial charge on any atom is -0.494 e. The van der Waals surface area contributed by atoms with Crippen LogP contribution < -0.4 is 4.74 Å². The van der Waals surface area contributed by atoms with Gasteiger partial charge < -0.3 is 14.4 Å². The lowest BCUT2D eigenvalue weighted by molar-refractivity contribution is -0.144. The van der Waals surface area contributed by atoms with Gasteiger partial charge in [-0.15, -0.1) is 0 Å². The summed E-state index contributed by atoms with van der Waals surface area (Å²) in [6, 6.07) is 1.71.